The van der Waals surface area contributed by atoms with E-state index >= 15 is 0 Å². The van der Waals surface area contributed by atoms with Crippen LogP contribution in [0.5, 0.6) is 0 Å². The summed E-state index contributed by atoms with van der Waals surface area (Å²) in [4.78, 5) is 39.0. The fourth-order valence-corrected chi connectivity index (χ4v) is 7.44. The summed E-state index contributed by atoms with van der Waals surface area (Å²) in [6, 6.07) is 13.5. The molecule has 1 aliphatic rings. The molecule has 1 aliphatic heterocycles. The maximum absolute atomic E-state index is 12.8. The van der Waals surface area contributed by atoms with Gasteiger partial charge in [-0.05, 0) is 55.0 Å². The highest BCUT2D eigenvalue weighted by Gasteiger charge is 2.27. The number of amides is 1. The Morgan fingerprint density at radius 1 is 1.21 bits per heavy atom. The van der Waals surface area contributed by atoms with Crippen LogP contribution in [0.3, 0.4) is 0 Å². The lowest BCUT2D eigenvalue weighted by Gasteiger charge is -2.22. The predicted molar refractivity (Wildman–Crippen MR) is 152 cm³/mol. The summed E-state index contributed by atoms with van der Waals surface area (Å²) in [5.74, 6) is 0.608. The van der Waals surface area contributed by atoms with E-state index in [4.69, 9.17) is 0 Å². The van der Waals surface area contributed by atoms with Crippen molar-refractivity contribution in [3.05, 3.63) is 75.1 Å². The molecule has 0 saturated carbocycles. The number of fused-ring (bicyclic) bond motifs is 1. The van der Waals surface area contributed by atoms with E-state index in [-0.39, 0.29) is 35.6 Å². The number of hydrogen-bond donors (Lipinski definition) is 3. The number of aromatic nitrogens is 3. The largest absolute Gasteiger partial charge is 0.465 e. The molecule has 1 saturated heterocycles. The SMILES string of the molecule is C[C@@H](Nc1ncnc2[nH]c(=O)c(C3CCS(=O)(=O)CC3)cc12)c1ccc(-c2ccccc2CN(C)C(=O)O)s1. The fourth-order valence-electron chi connectivity index (χ4n) is 4.88. The van der Waals surface area contributed by atoms with Crippen LogP contribution in [0.1, 0.15) is 47.7 Å². The van der Waals surface area contributed by atoms with Gasteiger partial charge in [0.1, 0.15) is 27.6 Å². The number of H-pyrrole nitrogens is 1. The van der Waals surface area contributed by atoms with Crippen LogP contribution in [0.25, 0.3) is 21.5 Å². The minimum absolute atomic E-state index is 0.0824. The van der Waals surface area contributed by atoms with Crippen LogP contribution in [-0.4, -0.2) is 58.0 Å². The minimum atomic E-state index is -3.04. The van der Waals surface area contributed by atoms with Gasteiger partial charge in [-0.1, -0.05) is 24.3 Å². The Morgan fingerprint density at radius 3 is 2.69 bits per heavy atom. The van der Waals surface area contributed by atoms with Crippen LogP contribution >= 0.6 is 11.3 Å². The van der Waals surface area contributed by atoms with Crippen molar-refractivity contribution in [1.29, 1.82) is 0 Å². The van der Waals surface area contributed by atoms with E-state index in [9.17, 15) is 23.1 Å². The van der Waals surface area contributed by atoms with Crippen molar-refractivity contribution in [3.8, 4) is 10.4 Å². The molecule has 1 atom stereocenters. The van der Waals surface area contributed by atoms with E-state index in [1.807, 2.05) is 43.3 Å². The summed E-state index contributed by atoms with van der Waals surface area (Å²) in [6.45, 7) is 2.30. The first kappa shape index (κ1) is 26.8. The van der Waals surface area contributed by atoms with Crippen LogP contribution in [0.2, 0.25) is 0 Å². The zero-order chi connectivity index (χ0) is 27.7. The summed E-state index contributed by atoms with van der Waals surface area (Å²) in [6.07, 6.45) is 1.26. The number of benzene rings is 1. The van der Waals surface area contributed by atoms with Gasteiger partial charge in [-0.15, -0.1) is 11.3 Å². The summed E-state index contributed by atoms with van der Waals surface area (Å²) in [5, 5.41) is 13.4. The Morgan fingerprint density at radius 2 is 1.95 bits per heavy atom. The molecule has 3 N–H and O–H groups in total. The number of aromatic amines is 1. The second-order valence-corrected chi connectivity index (χ2v) is 13.2. The highest BCUT2D eigenvalue weighted by molar-refractivity contribution is 7.91. The highest BCUT2D eigenvalue weighted by atomic mass is 32.2. The van der Waals surface area contributed by atoms with Crippen molar-refractivity contribution in [3.63, 3.8) is 0 Å². The number of sulfone groups is 1. The molecule has 10 nitrogen and oxygen atoms in total. The zero-order valence-electron chi connectivity index (χ0n) is 21.5. The van der Waals surface area contributed by atoms with E-state index in [2.05, 4.69) is 20.3 Å². The third-order valence-corrected chi connectivity index (χ3v) is 10.1. The number of anilines is 1. The minimum Gasteiger partial charge on any atom is -0.465 e. The van der Waals surface area contributed by atoms with Gasteiger partial charge < -0.3 is 20.3 Å². The van der Waals surface area contributed by atoms with Crippen molar-refractivity contribution in [2.24, 2.45) is 0 Å². The molecule has 1 aromatic carbocycles. The number of carboxylic acid groups (broad SMARTS) is 1. The molecule has 4 aromatic rings. The van der Waals surface area contributed by atoms with E-state index < -0.39 is 15.9 Å². The Labute approximate surface area is 229 Å². The first-order valence-electron chi connectivity index (χ1n) is 12.6. The zero-order valence-corrected chi connectivity index (χ0v) is 23.2. The van der Waals surface area contributed by atoms with E-state index in [0.29, 0.717) is 35.3 Å². The van der Waals surface area contributed by atoms with Gasteiger partial charge >= 0.3 is 6.09 Å². The number of thiophene rings is 1. The topological polar surface area (TPSA) is 145 Å². The summed E-state index contributed by atoms with van der Waals surface area (Å²) < 4.78 is 23.8. The molecule has 1 amide bonds. The molecule has 5 rings (SSSR count). The molecule has 0 spiro atoms. The van der Waals surface area contributed by atoms with E-state index in [1.165, 1.54) is 11.2 Å². The number of rotatable bonds is 7. The number of pyridine rings is 1. The molecule has 3 aromatic heterocycles. The third-order valence-electron chi connectivity index (χ3n) is 7.10. The van der Waals surface area contributed by atoms with Crippen molar-refractivity contribution in [2.75, 3.05) is 23.9 Å². The van der Waals surface area contributed by atoms with Crippen molar-refractivity contribution in [1.82, 2.24) is 19.9 Å². The quantitative estimate of drug-likeness (QED) is 0.293. The van der Waals surface area contributed by atoms with Crippen molar-refractivity contribution >= 4 is 44.1 Å². The van der Waals surface area contributed by atoms with E-state index in [1.54, 1.807) is 24.5 Å². The lowest BCUT2D eigenvalue weighted by molar-refractivity contribution is 0.154. The van der Waals surface area contributed by atoms with Gasteiger partial charge in [-0.3, -0.25) is 4.79 Å². The van der Waals surface area contributed by atoms with Gasteiger partial charge in [0.2, 0.25) is 0 Å². The number of nitrogens with zero attached hydrogens (tertiary/aromatic N) is 3. The van der Waals surface area contributed by atoms with E-state index in [0.717, 1.165) is 20.9 Å². The second-order valence-electron chi connectivity index (χ2n) is 9.83. The summed E-state index contributed by atoms with van der Waals surface area (Å²) in [5.41, 5.74) is 2.63. The van der Waals surface area contributed by atoms with Gasteiger partial charge in [-0.25, -0.2) is 23.2 Å². The van der Waals surface area contributed by atoms with Crippen LogP contribution in [0.15, 0.2) is 53.6 Å². The molecular formula is C27H29N5O5S2. The average molecular weight is 568 g/mol. The predicted octanol–water partition coefficient (Wildman–Crippen LogP) is 4.62. The standard InChI is InChI=1S/C27H29N5O5S2/c1-16(22-7-8-23(38-22)19-6-4-3-5-18(19)14-32(2)27(34)35)30-24-21-13-20(17-9-11-39(36,37)12-10-17)26(33)31-25(21)29-15-28-24/h3-8,13,15-17H,9-12,14H2,1-2H3,(H,34,35)(H2,28,29,30,31,33)/t16-/m1/s1. The molecule has 0 unspecified atom stereocenters. The lowest BCUT2D eigenvalue weighted by atomic mass is 9.94. The maximum atomic E-state index is 12.8. The normalized spacial score (nSPS) is 16.2. The number of nitrogens with one attached hydrogen (secondary N) is 2. The first-order chi connectivity index (χ1) is 18.6. The second kappa shape index (κ2) is 10.8. The van der Waals surface area contributed by atoms with Gasteiger partial charge in [0.15, 0.2) is 0 Å². The number of carbonyl (C=O) groups is 1. The maximum Gasteiger partial charge on any atom is 0.407 e. The summed E-state index contributed by atoms with van der Waals surface area (Å²) >= 11 is 1.61. The smallest absolute Gasteiger partial charge is 0.407 e. The molecule has 0 aliphatic carbocycles. The molecular weight excluding hydrogens is 538 g/mol. The molecule has 0 radical (unpaired) electrons. The van der Waals surface area contributed by atoms with Gasteiger partial charge in [0, 0.05) is 28.9 Å². The first-order valence-corrected chi connectivity index (χ1v) is 15.2. The fraction of sp³-hybridized carbons (Fsp3) is 0.333. The lowest BCUT2D eigenvalue weighted by Crippen LogP contribution is -2.26. The molecule has 39 heavy (non-hydrogen) atoms. The number of hydrogen-bond acceptors (Lipinski definition) is 8. The van der Waals surface area contributed by atoms with Gasteiger partial charge in [0.25, 0.3) is 5.56 Å². The Bertz CT molecular complexity index is 1680. The summed E-state index contributed by atoms with van der Waals surface area (Å²) in [7, 11) is -1.49. The van der Waals surface area contributed by atoms with Crippen LogP contribution in [0, 0.1) is 0 Å². The molecule has 1 fully saturated rings. The molecule has 204 valence electrons. The van der Waals surface area contributed by atoms with Gasteiger partial charge in [-0.2, -0.15) is 0 Å². The van der Waals surface area contributed by atoms with Crippen molar-refractivity contribution < 1.29 is 18.3 Å². The highest BCUT2D eigenvalue weighted by Crippen LogP contribution is 2.36. The average Bonchev–Trinajstić information content (AvgIpc) is 3.39. The van der Waals surface area contributed by atoms with Gasteiger partial charge in [0.05, 0.1) is 22.9 Å². The Balaban J connectivity index is 1.40. The van der Waals surface area contributed by atoms with Crippen LogP contribution in [0.4, 0.5) is 10.6 Å². The van der Waals surface area contributed by atoms with Crippen molar-refractivity contribution in [2.45, 2.75) is 38.3 Å². The van der Waals surface area contributed by atoms with Crippen LogP contribution in [-0.2, 0) is 16.4 Å². The Kier molecular flexibility index (Phi) is 7.41. The Hall–Kier alpha value is -3.77. The van der Waals surface area contributed by atoms with Crippen LogP contribution < -0.4 is 10.9 Å². The third kappa shape index (κ3) is 5.81. The molecule has 4 heterocycles. The monoisotopic (exact) mass is 567 g/mol. The molecule has 0 bridgehead atoms. The molecule has 12 heteroatoms.